The zero-order chi connectivity index (χ0) is 14.7. The molecule has 0 N–H and O–H groups in total. The minimum atomic E-state index is -5.85. The van der Waals surface area contributed by atoms with E-state index in [0.717, 1.165) is 0 Å². The van der Waals surface area contributed by atoms with E-state index in [-0.39, 0.29) is 0 Å². The van der Waals surface area contributed by atoms with Crippen molar-refractivity contribution in [1.29, 1.82) is 0 Å². The number of alkyl halides is 5. The minimum Gasteiger partial charge on any atom is -0.462 e. The summed E-state index contributed by atoms with van der Waals surface area (Å²) in [5.41, 5.74) is 0. The lowest BCUT2D eigenvalue weighted by Crippen LogP contribution is -2.25. The molecule has 0 fully saturated rings. The van der Waals surface area contributed by atoms with Crippen molar-refractivity contribution in [2.24, 2.45) is 0 Å². The molecule has 11 heteroatoms. The summed E-state index contributed by atoms with van der Waals surface area (Å²) in [6.45, 7) is -2.56. The molecule has 0 aromatic rings. The zero-order valence-electron chi connectivity index (χ0n) is 7.89. The van der Waals surface area contributed by atoms with Gasteiger partial charge in [0, 0.05) is 0 Å². The fourth-order valence-corrected chi connectivity index (χ4v) is 0.530. The summed E-state index contributed by atoms with van der Waals surface area (Å²) in [5, 5.41) is 0. The van der Waals surface area contributed by atoms with Gasteiger partial charge in [0.2, 0.25) is 5.83 Å². The summed E-state index contributed by atoms with van der Waals surface area (Å²) in [6, 6.07) is -3.12. The summed E-state index contributed by atoms with van der Waals surface area (Å²) in [4.78, 5) is 0. The SMILES string of the molecule is FC(F)=C(F)C(F)(F)COC(F)=C(F)C(F)(F)F. The van der Waals surface area contributed by atoms with Crippen LogP contribution in [0.5, 0.6) is 0 Å². The molecule has 0 aliphatic carbocycles. The summed E-state index contributed by atoms with van der Waals surface area (Å²) in [6.07, 6.45) is -9.32. The van der Waals surface area contributed by atoms with Gasteiger partial charge in [-0.15, -0.1) is 0 Å². The molecule has 0 heterocycles. The van der Waals surface area contributed by atoms with Crippen molar-refractivity contribution in [3.63, 3.8) is 0 Å². The number of hydrogen-bond donors (Lipinski definition) is 0. The molecule has 0 aromatic carbocycles. The van der Waals surface area contributed by atoms with E-state index in [0.29, 0.717) is 0 Å². The van der Waals surface area contributed by atoms with Crippen molar-refractivity contribution in [3.8, 4) is 0 Å². The second kappa shape index (κ2) is 5.48. The van der Waals surface area contributed by atoms with Gasteiger partial charge in [-0.3, -0.25) is 0 Å². The zero-order valence-corrected chi connectivity index (χ0v) is 7.89. The molecule has 0 aliphatic rings. The van der Waals surface area contributed by atoms with Crippen molar-refractivity contribution < 1.29 is 48.6 Å². The molecule has 0 atom stereocenters. The third-order valence-corrected chi connectivity index (χ3v) is 1.29. The number of halogens is 10. The molecule has 0 amide bonds. The minimum absolute atomic E-state index is 2.56. The highest BCUT2D eigenvalue weighted by Crippen LogP contribution is 2.33. The lowest BCUT2D eigenvalue weighted by Gasteiger charge is -2.14. The van der Waals surface area contributed by atoms with Crippen LogP contribution < -0.4 is 0 Å². The Morgan fingerprint density at radius 1 is 0.778 bits per heavy atom. The largest absolute Gasteiger partial charge is 0.462 e. The van der Waals surface area contributed by atoms with Crippen LogP contribution >= 0.6 is 0 Å². The molecular weight excluding hydrogens is 290 g/mol. The molecule has 106 valence electrons. The molecule has 1 nitrogen and oxygen atoms in total. The molecule has 0 unspecified atom stereocenters. The smallest absolute Gasteiger partial charge is 0.449 e. The Morgan fingerprint density at radius 3 is 1.56 bits per heavy atom. The van der Waals surface area contributed by atoms with E-state index >= 15 is 0 Å². The maximum atomic E-state index is 12.4. The highest BCUT2D eigenvalue weighted by atomic mass is 19.4. The Bertz CT molecular complexity index is 361. The van der Waals surface area contributed by atoms with Gasteiger partial charge in [-0.25, -0.2) is 0 Å². The van der Waals surface area contributed by atoms with E-state index in [4.69, 9.17) is 0 Å². The van der Waals surface area contributed by atoms with Crippen LogP contribution in [0.4, 0.5) is 43.9 Å². The molecule has 0 saturated heterocycles. The van der Waals surface area contributed by atoms with Gasteiger partial charge in [-0.2, -0.15) is 43.9 Å². The monoisotopic (exact) mass is 292 g/mol. The fraction of sp³-hybridized carbons (Fsp3) is 0.429. The van der Waals surface area contributed by atoms with E-state index in [9.17, 15) is 43.9 Å². The first-order valence-corrected chi connectivity index (χ1v) is 3.74. The van der Waals surface area contributed by atoms with Crippen molar-refractivity contribution in [3.05, 3.63) is 23.7 Å². The normalized spacial score (nSPS) is 14.1. The van der Waals surface area contributed by atoms with E-state index in [2.05, 4.69) is 4.74 Å². The highest BCUT2D eigenvalue weighted by Gasteiger charge is 2.43. The first-order valence-electron chi connectivity index (χ1n) is 3.74. The maximum Gasteiger partial charge on any atom is 0.449 e. The Labute approximate surface area is 92.3 Å². The number of ether oxygens (including phenoxy) is 1. The molecule has 0 aliphatic heterocycles. The molecule has 0 aromatic heterocycles. The third kappa shape index (κ3) is 4.45. The van der Waals surface area contributed by atoms with E-state index in [1.54, 1.807) is 0 Å². The average molecular weight is 292 g/mol. The molecule has 0 rings (SSSR count). The Kier molecular flexibility index (Phi) is 5.05. The Hall–Kier alpha value is -1.42. The number of allylic oxidation sites excluding steroid dienone is 1. The van der Waals surface area contributed by atoms with Crippen LogP contribution in [0.1, 0.15) is 0 Å². The van der Waals surface area contributed by atoms with E-state index in [1.165, 1.54) is 0 Å². The number of hydrogen-bond acceptors (Lipinski definition) is 1. The van der Waals surface area contributed by atoms with Gasteiger partial charge in [0.15, 0.2) is 6.61 Å². The highest BCUT2D eigenvalue weighted by molar-refractivity contribution is 5.06. The van der Waals surface area contributed by atoms with Gasteiger partial charge in [0.05, 0.1) is 0 Å². The van der Waals surface area contributed by atoms with Crippen molar-refractivity contribution in [2.45, 2.75) is 12.1 Å². The van der Waals surface area contributed by atoms with Crippen molar-refractivity contribution in [2.75, 3.05) is 6.61 Å². The molecule has 18 heavy (non-hydrogen) atoms. The molecule has 0 spiro atoms. The molecular formula is C7H2F10O. The predicted octanol–water partition coefficient (Wildman–Crippen LogP) is 4.39. The second-order valence-electron chi connectivity index (χ2n) is 2.65. The summed E-state index contributed by atoms with van der Waals surface area (Å²) in [5.74, 6) is -11.9. The van der Waals surface area contributed by atoms with E-state index < -0.39 is 42.5 Å². The third-order valence-electron chi connectivity index (χ3n) is 1.29. The molecule has 0 saturated carbocycles. The van der Waals surface area contributed by atoms with Crippen LogP contribution in [0.15, 0.2) is 23.7 Å². The topological polar surface area (TPSA) is 9.23 Å². The summed E-state index contributed by atoms with van der Waals surface area (Å²) < 4.78 is 121. The van der Waals surface area contributed by atoms with Gasteiger partial charge < -0.3 is 4.74 Å². The van der Waals surface area contributed by atoms with Crippen LogP contribution in [0, 0.1) is 0 Å². The molecule has 0 radical (unpaired) electrons. The number of rotatable bonds is 4. The van der Waals surface area contributed by atoms with Crippen LogP contribution in [0.2, 0.25) is 0 Å². The van der Waals surface area contributed by atoms with Crippen LogP contribution in [-0.2, 0) is 4.74 Å². The summed E-state index contributed by atoms with van der Waals surface area (Å²) in [7, 11) is 0. The first kappa shape index (κ1) is 16.6. The van der Waals surface area contributed by atoms with Crippen molar-refractivity contribution >= 4 is 0 Å². The van der Waals surface area contributed by atoms with Crippen LogP contribution in [0.25, 0.3) is 0 Å². The Morgan fingerprint density at radius 2 is 1.22 bits per heavy atom. The summed E-state index contributed by atoms with van der Waals surface area (Å²) >= 11 is 0. The standard InChI is InChI=1S/C7H2F10O/c8-2(4(10)11)6(13,14)1-18-5(12)3(9)7(15,16)17/h1H2. The lowest BCUT2D eigenvalue weighted by molar-refractivity contribution is -0.121. The first-order chi connectivity index (χ1) is 7.89. The van der Waals surface area contributed by atoms with Gasteiger partial charge in [0.1, 0.15) is 0 Å². The maximum absolute atomic E-state index is 12.4. The van der Waals surface area contributed by atoms with Crippen LogP contribution in [-0.4, -0.2) is 18.7 Å². The Balaban J connectivity index is 4.85. The average Bonchev–Trinajstić information content (AvgIpc) is 2.22. The van der Waals surface area contributed by atoms with E-state index in [1.807, 2.05) is 0 Å². The van der Waals surface area contributed by atoms with Gasteiger partial charge in [0.25, 0.3) is 5.83 Å². The van der Waals surface area contributed by atoms with Gasteiger partial charge in [-0.1, -0.05) is 0 Å². The van der Waals surface area contributed by atoms with Gasteiger partial charge in [-0.05, 0) is 0 Å². The van der Waals surface area contributed by atoms with Crippen LogP contribution in [0.3, 0.4) is 0 Å². The molecule has 0 bridgehead atoms. The quantitative estimate of drug-likeness (QED) is 0.551. The van der Waals surface area contributed by atoms with Crippen molar-refractivity contribution in [1.82, 2.24) is 0 Å². The van der Waals surface area contributed by atoms with Gasteiger partial charge >= 0.3 is 24.2 Å². The predicted molar refractivity (Wildman–Crippen MR) is 36.5 cm³/mol. The lowest BCUT2D eigenvalue weighted by atomic mass is 10.3. The second-order valence-corrected chi connectivity index (χ2v) is 2.65. The fourth-order valence-electron chi connectivity index (χ4n) is 0.530.